The fourth-order valence-electron chi connectivity index (χ4n) is 2.10. The van der Waals surface area contributed by atoms with Gasteiger partial charge in [-0.05, 0) is 34.2 Å². The highest BCUT2D eigenvalue weighted by molar-refractivity contribution is 5.68. The first-order valence-electron chi connectivity index (χ1n) is 6.10. The van der Waals surface area contributed by atoms with Crippen LogP contribution >= 0.6 is 0 Å². The molecule has 0 saturated heterocycles. The zero-order valence-electron chi connectivity index (χ0n) is 10.5. The summed E-state index contributed by atoms with van der Waals surface area (Å²) >= 11 is 0. The zero-order chi connectivity index (χ0) is 12.3. The summed E-state index contributed by atoms with van der Waals surface area (Å²) in [5.74, 6) is 0.525. The van der Waals surface area contributed by atoms with Crippen LogP contribution in [0.5, 0.6) is 0 Å². The van der Waals surface area contributed by atoms with Gasteiger partial charge >= 0.3 is 0 Å². The molecule has 0 aliphatic heterocycles. The highest BCUT2D eigenvalue weighted by Crippen LogP contribution is 2.29. The normalized spacial score (nSPS) is 10.8. The fourth-order valence-corrected chi connectivity index (χ4v) is 2.10. The molecule has 0 spiro atoms. The van der Waals surface area contributed by atoms with Gasteiger partial charge in [0, 0.05) is 6.54 Å². The minimum absolute atomic E-state index is 0.525. The molecule has 2 rings (SSSR count). The summed E-state index contributed by atoms with van der Waals surface area (Å²) in [7, 11) is 0. The van der Waals surface area contributed by atoms with Crippen molar-refractivity contribution in [3.8, 4) is 11.1 Å². The van der Waals surface area contributed by atoms with E-state index in [1.165, 1.54) is 22.3 Å². The van der Waals surface area contributed by atoms with Crippen molar-refractivity contribution in [2.24, 2.45) is 5.73 Å². The van der Waals surface area contributed by atoms with Gasteiger partial charge in [-0.15, -0.1) is 0 Å². The van der Waals surface area contributed by atoms with Crippen LogP contribution in [0.3, 0.4) is 0 Å². The summed E-state index contributed by atoms with van der Waals surface area (Å²) < 4.78 is 0. The van der Waals surface area contributed by atoms with E-state index < -0.39 is 0 Å². The van der Waals surface area contributed by atoms with Gasteiger partial charge < -0.3 is 5.73 Å². The molecule has 2 aromatic rings. The Hall–Kier alpha value is -1.60. The van der Waals surface area contributed by atoms with Crippen LogP contribution in [-0.4, -0.2) is 0 Å². The van der Waals surface area contributed by atoms with Gasteiger partial charge in [0.2, 0.25) is 0 Å². The molecule has 17 heavy (non-hydrogen) atoms. The van der Waals surface area contributed by atoms with Gasteiger partial charge in [-0.3, -0.25) is 0 Å². The van der Waals surface area contributed by atoms with E-state index in [0.717, 1.165) is 0 Å². The van der Waals surface area contributed by atoms with Crippen LogP contribution < -0.4 is 5.73 Å². The fraction of sp³-hybridized carbons (Fsp3) is 0.250. The number of benzene rings is 2. The second kappa shape index (κ2) is 5.15. The summed E-state index contributed by atoms with van der Waals surface area (Å²) in [6.45, 7) is 5.05. The first-order chi connectivity index (χ1) is 8.22. The molecule has 0 aliphatic carbocycles. The number of rotatable bonds is 3. The Balaban J connectivity index is 2.57. The minimum Gasteiger partial charge on any atom is -0.326 e. The minimum atomic E-state index is 0.525. The van der Waals surface area contributed by atoms with Crippen LogP contribution in [0.2, 0.25) is 0 Å². The van der Waals surface area contributed by atoms with Gasteiger partial charge in [0.15, 0.2) is 0 Å². The molecule has 0 heterocycles. The molecule has 0 unspecified atom stereocenters. The topological polar surface area (TPSA) is 26.0 Å². The zero-order valence-corrected chi connectivity index (χ0v) is 10.5. The van der Waals surface area contributed by atoms with Gasteiger partial charge in [-0.1, -0.05) is 56.3 Å². The quantitative estimate of drug-likeness (QED) is 0.841. The lowest BCUT2D eigenvalue weighted by molar-refractivity contribution is 0.867. The van der Waals surface area contributed by atoms with Gasteiger partial charge in [-0.25, -0.2) is 0 Å². The maximum Gasteiger partial charge on any atom is 0.0178 e. The Labute approximate surface area is 103 Å². The van der Waals surface area contributed by atoms with Crippen LogP contribution in [-0.2, 0) is 6.54 Å². The van der Waals surface area contributed by atoms with E-state index in [1.54, 1.807) is 0 Å². The van der Waals surface area contributed by atoms with Crippen molar-refractivity contribution >= 4 is 0 Å². The molecule has 0 radical (unpaired) electrons. The van der Waals surface area contributed by atoms with Crippen LogP contribution in [0.1, 0.15) is 30.9 Å². The van der Waals surface area contributed by atoms with E-state index in [9.17, 15) is 0 Å². The second-order valence-electron chi connectivity index (χ2n) is 4.65. The lowest BCUT2D eigenvalue weighted by Gasteiger charge is -2.14. The molecular formula is C16H19N. The summed E-state index contributed by atoms with van der Waals surface area (Å²) in [6.07, 6.45) is 0. The molecule has 1 nitrogen and oxygen atoms in total. The lowest BCUT2D eigenvalue weighted by Crippen LogP contribution is -1.99. The maximum atomic E-state index is 5.72. The Bertz CT molecular complexity index is 486. The maximum absolute atomic E-state index is 5.72. The SMILES string of the molecule is CC(C)c1ccc(CN)cc1-c1ccccc1. The van der Waals surface area contributed by atoms with Crippen molar-refractivity contribution in [1.29, 1.82) is 0 Å². The third kappa shape index (κ3) is 2.56. The molecule has 0 amide bonds. The van der Waals surface area contributed by atoms with Crippen molar-refractivity contribution in [3.05, 3.63) is 59.7 Å². The summed E-state index contributed by atoms with van der Waals surface area (Å²) in [5, 5.41) is 0. The molecule has 88 valence electrons. The van der Waals surface area contributed by atoms with Gasteiger partial charge in [-0.2, -0.15) is 0 Å². The van der Waals surface area contributed by atoms with Crippen molar-refractivity contribution < 1.29 is 0 Å². The van der Waals surface area contributed by atoms with Crippen molar-refractivity contribution in [3.63, 3.8) is 0 Å². The summed E-state index contributed by atoms with van der Waals surface area (Å²) in [4.78, 5) is 0. The van der Waals surface area contributed by atoms with Crippen LogP contribution in [0, 0.1) is 0 Å². The van der Waals surface area contributed by atoms with E-state index in [1.807, 2.05) is 6.07 Å². The van der Waals surface area contributed by atoms with Crippen LogP contribution in [0.25, 0.3) is 11.1 Å². The van der Waals surface area contributed by atoms with Crippen molar-refractivity contribution in [1.82, 2.24) is 0 Å². The van der Waals surface area contributed by atoms with E-state index in [2.05, 4.69) is 56.3 Å². The second-order valence-corrected chi connectivity index (χ2v) is 4.65. The highest BCUT2D eigenvalue weighted by Gasteiger charge is 2.08. The average molecular weight is 225 g/mol. The molecule has 0 aromatic heterocycles. The van der Waals surface area contributed by atoms with Crippen molar-refractivity contribution in [2.75, 3.05) is 0 Å². The number of nitrogens with two attached hydrogens (primary N) is 1. The Morgan fingerprint density at radius 1 is 1.00 bits per heavy atom. The van der Waals surface area contributed by atoms with Crippen LogP contribution in [0.4, 0.5) is 0 Å². The van der Waals surface area contributed by atoms with Gasteiger partial charge in [0.05, 0.1) is 0 Å². The number of hydrogen-bond acceptors (Lipinski definition) is 1. The Kier molecular flexibility index (Phi) is 3.60. The molecule has 0 saturated carbocycles. The average Bonchev–Trinajstić information content (AvgIpc) is 2.39. The van der Waals surface area contributed by atoms with E-state index in [0.29, 0.717) is 12.5 Å². The molecule has 0 bridgehead atoms. The molecule has 0 atom stereocenters. The van der Waals surface area contributed by atoms with Gasteiger partial charge in [0.25, 0.3) is 0 Å². The smallest absolute Gasteiger partial charge is 0.0178 e. The largest absolute Gasteiger partial charge is 0.326 e. The first kappa shape index (κ1) is 11.9. The third-order valence-corrected chi connectivity index (χ3v) is 3.06. The molecule has 0 fully saturated rings. The summed E-state index contributed by atoms with van der Waals surface area (Å²) in [6, 6.07) is 17.1. The third-order valence-electron chi connectivity index (χ3n) is 3.06. The molecule has 2 N–H and O–H groups in total. The van der Waals surface area contributed by atoms with E-state index in [-0.39, 0.29) is 0 Å². The number of hydrogen-bond donors (Lipinski definition) is 1. The lowest BCUT2D eigenvalue weighted by atomic mass is 9.91. The highest BCUT2D eigenvalue weighted by atomic mass is 14.5. The molecule has 0 aliphatic rings. The van der Waals surface area contributed by atoms with Crippen LogP contribution in [0.15, 0.2) is 48.5 Å². The van der Waals surface area contributed by atoms with E-state index >= 15 is 0 Å². The van der Waals surface area contributed by atoms with Crippen molar-refractivity contribution in [2.45, 2.75) is 26.3 Å². The van der Waals surface area contributed by atoms with E-state index in [4.69, 9.17) is 5.73 Å². The monoisotopic (exact) mass is 225 g/mol. The molecule has 2 aromatic carbocycles. The van der Waals surface area contributed by atoms with Gasteiger partial charge in [0.1, 0.15) is 0 Å². The predicted molar refractivity (Wildman–Crippen MR) is 73.9 cm³/mol. The molecular weight excluding hydrogens is 206 g/mol. The Morgan fingerprint density at radius 2 is 1.71 bits per heavy atom. The Morgan fingerprint density at radius 3 is 2.29 bits per heavy atom. The summed E-state index contributed by atoms with van der Waals surface area (Å²) in [5.41, 5.74) is 10.9. The standard InChI is InChI=1S/C16H19N/c1-12(2)15-9-8-13(11-17)10-16(15)14-6-4-3-5-7-14/h3-10,12H,11,17H2,1-2H3. The first-order valence-corrected chi connectivity index (χ1v) is 6.10. The predicted octanol–water partition coefficient (Wildman–Crippen LogP) is 3.94. The molecule has 1 heteroatoms.